The molecule has 5 nitrogen and oxygen atoms in total. The number of aromatic nitrogens is 1. The number of nitrogens with one attached hydrogen (secondary N) is 2. The van der Waals surface area contributed by atoms with Gasteiger partial charge in [-0.15, -0.1) is 11.3 Å². The van der Waals surface area contributed by atoms with Gasteiger partial charge in [-0.3, -0.25) is 4.79 Å². The quantitative estimate of drug-likeness (QED) is 0.855. The third kappa shape index (κ3) is 2.58. The Labute approximate surface area is 151 Å². The molecule has 1 amide bonds. The lowest BCUT2D eigenvalue weighted by atomic mass is 9.92. The minimum atomic E-state index is 0.193. The molecule has 2 N–H and O–H groups in total. The summed E-state index contributed by atoms with van der Waals surface area (Å²) in [5.74, 6) is 0.193. The van der Waals surface area contributed by atoms with Crippen LogP contribution in [0.4, 0.5) is 11.4 Å². The summed E-state index contributed by atoms with van der Waals surface area (Å²) < 4.78 is 0. The van der Waals surface area contributed by atoms with Gasteiger partial charge in [-0.1, -0.05) is 19.3 Å². The van der Waals surface area contributed by atoms with Crippen LogP contribution in [0.15, 0.2) is 12.3 Å². The van der Waals surface area contributed by atoms with Gasteiger partial charge >= 0.3 is 0 Å². The number of anilines is 2. The summed E-state index contributed by atoms with van der Waals surface area (Å²) in [7, 11) is 0. The fourth-order valence-electron chi connectivity index (χ4n) is 4.29. The highest BCUT2D eigenvalue weighted by atomic mass is 32.1. The van der Waals surface area contributed by atoms with Gasteiger partial charge < -0.3 is 15.5 Å². The first-order valence-corrected chi connectivity index (χ1v) is 10.4. The molecule has 0 bridgehead atoms. The summed E-state index contributed by atoms with van der Waals surface area (Å²) in [5, 5.41) is 8.30. The summed E-state index contributed by atoms with van der Waals surface area (Å²) in [5.41, 5.74) is 2.12. The molecule has 0 aromatic carbocycles. The van der Waals surface area contributed by atoms with Crippen LogP contribution in [0.3, 0.4) is 0 Å². The Morgan fingerprint density at radius 3 is 2.76 bits per heavy atom. The maximum atomic E-state index is 13.1. The van der Waals surface area contributed by atoms with Crippen LogP contribution < -0.4 is 10.6 Å². The lowest BCUT2D eigenvalue weighted by Gasteiger charge is -2.37. The first kappa shape index (κ1) is 15.4. The van der Waals surface area contributed by atoms with Crippen LogP contribution in [0, 0.1) is 0 Å². The summed E-state index contributed by atoms with van der Waals surface area (Å²) in [6, 6.07) is 3.01. The smallest absolute Gasteiger partial charge is 0.267 e. The average molecular weight is 356 g/mol. The molecule has 2 aromatic rings. The zero-order valence-electron chi connectivity index (χ0n) is 14.4. The Bertz CT molecular complexity index is 807. The number of carbonyl (C=O) groups excluding carboxylic acids is 1. The Morgan fingerprint density at radius 2 is 2.00 bits per heavy atom. The largest absolute Gasteiger partial charge is 0.382 e. The number of pyridine rings is 1. The van der Waals surface area contributed by atoms with Crippen molar-refractivity contribution in [2.45, 2.75) is 63.5 Å². The maximum Gasteiger partial charge on any atom is 0.267 e. The average Bonchev–Trinajstić information content (AvgIpc) is 3.00. The van der Waals surface area contributed by atoms with Crippen molar-refractivity contribution in [3.63, 3.8) is 0 Å². The van der Waals surface area contributed by atoms with Crippen molar-refractivity contribution in [3.8, 4) is 0 Å². The Kier molecular flexibility index (Phi) is 3.81. The predicted molar refractivity (Wildman–Crippen MR) is 102 cm³/mol. The van der Waals surface area contributed by atoms with Crippen LogP contribution in [-0.2, 0) is 0 Å². The minimum absolute atomic E-state index is 0.193. The molecule has 2 saturated carbocycles. The van der Waals surface area contributed by atoms with Gasteiger partial charge in [0.25, 0.3) is 5.91 Å². The fourth-order valence-corrected chi connectivity index (χ4v) is 5.39. The monoisotopic (exact) mass is 356 g/mol. The molecule has 25 heavy (non-hydrogen) atoms. The van der Waals surface area contributed by atoms with E-state index >= 15 is 0 Å². The van der Waals surface area contributed by atoms with Crippen molar-refractivity contribution in [2.75, 3.05) is 17.3 Å². The minimum Gasteiger partial charge on any atom is -0.382 e. The van der Waals surface area contributed by atoms with Crippen molar-refractivity contribution in [2.24, 2.45) is 0 Å². The molecule has 5 rings (SSSR count). The number of amides is 1. The first-order valence-electron chi connectivity index (χ1n) is 9.54. The standard InChI is InChI=1S/C19H24N4OS/c24-19-17-16(21-11-23(19)13-7-2-1-3-8-13)15-14(22-12-5-4-6-12)9-10-20-18(15)25-17/h9-10,12-13,21H,1-8,11H2,(H,20,22). The fraction of sp³-hybridized carbons (Fsp3) is 0.579. The normalized spacial score (nSPS) is 21.8. The number of hydrogen-bond acceptors (Lipinski definition) is 5. The van der Waals surface area contributed by atoms with Crippen LogP contribution in [0.2, 0.25) is 0 Å². The van der Waals surface area contributed by atoms with Crippen LogP contribution in [-0.4, -0.2) is 34.5 Å². The van der Waals surface area contributed by atoms with Gasteiger partial charge in [0.2, 0.25) is 0 Å². The van der Waals surface area contributed by atoms with Crippen LogP contribution in [0.25, 0.3) is 10.2 Å². The number of thiophene rings is 1. The maximum absolute atomic E-state index is 13.1. The highest BCUT2D eigenvalue weighted by Gasteiger charge is 2.34. The second kappa shape index (κ2) is 6.16. The van der Waals surface area contributed by atoms with Crippen molar-refractivity contribution in [3.05, 3.63) is 17.1 Å². The number of hydrogen-bond donors (Lipinski definition) is 2. The molecule has 2 fully saturated rings. The van der Waals surface area contributed by atoms with Gasteiger partial charge in [-0.25, -0.2) is 4.98 Å². The number of carbonyl (C=O) groups is 1. The highest BCUT2D eigenvalue weighted by Crippen LogP contribution is 2.43. The number of fused-ring (bicyclic) bond motifs is 3. The van der Waals surface area contributed by atoms with Gasteiger partial charge in [0.05, 0.1) is 17.7 Å². The van der Waals surface area contributed by atoms with E-state index in [2.05, 4.69) is 20.5 Å². The molecule has 132 valence electrons. The Balaban J connectivity index is 1.50. The lowest BCUT2D eigenvalue weighted by Crippen LogP contribution is -2.46. The summed E-state index contributed by atoms with van der Waals surface area (Å²) in [6.45, 7) is 0.625. The zero-order valence-corrected chi connectivity index (χ0v) is 15.2. The first-order chi connectivity index (χ1) is 12.3. The molecule has 0 radical (unpaired) electrons. The van der Waals surface area contributed by atoms with Crippen molar-refractivity contribution < 1.29 is 4.79 Å². The van der Waals surface area contributed by atoms with Crippen molar-refractivity contribution in [1.82, 2.24) is 9.88 Å². The molecular weight excluding hydrogens is 332 g/mol. The Morgan fingerprint density at radius 1 is 1.16 bits per heavy atom. The van der Waals surface area contributed by atoms with Crippen LogP contribution >= 0.6 is 11.3 Å². The second-order valence-corrected chi connectivity index (χ2v) is 8.52. The molecule has 3 heterocycles. The van der Waals surface area contributed by atoms with E-state index in [1.807, 2.05) is 12.3 Å². The van der Waals surface area contributed by atoms with Crippen LogP contribution in [0.1, 0.15) is 61.0 Å². The number of nitrogens with zero attached hydrogens (tertiary/aromatic N) is 2. The Hall–Kier alpha value is -1.82. The zero-order chi connectivity index (χ0) is 16.8. The lowest BCUT2D eigenvalue weighted by molar-refractivity contribution is 0.0647. The topological polar surface area (TPSA) is 57.3 Å². The van der Waals surface area contributed by atoms with Gasteiger partial charge in [-0.2, -0.15) is 0 Å². The molecule has 0 spiro atoms. The highest BCUT2D eigenvalue weighted by molar-refractivity contribution is 7.21. The number of rotatable bonds is 3. The predicted octanol–water partition coefficient (Wildman–Crippen LogP) is 4.42. The third-order valence-electron chi connectivity index (χ3n) is 5.95. The van der Waals surface area contributed by atoms with Crippen LogP contribution in [0.5, 0.6) is 0 Å². The van der Waals surface area contributed by atoms with E-state index in [0.29, 0.717) is 18.8 Å². The van der Waals surface area contributed by atoms with Crippen molar-refractivity contribution >= 4 is 38.8 Å². The third-order valence-corrected chi connectivity index (χ3v) is 7.04. The van der Waals surface area contributed by atoms with Gasteiger partial charge in [0.15, 0.2) is 0 Å². The van der Waals surface area contributed by atoms with Gasteiger partial charge in [-0.05, 0) is 38.2 Å². The molecule has 3 aliphatic rings. The van der Waals surface area contributed by atoms with E-state index in [1.165, 1.54) is 49.9 Å². The summed E-state index contributed by atoms with van der Waals surface area (Å²) in [6.07, 6.45) is 11.7. The second-order valence-electron chi connectivity index (χ2n) is 7.52. The molecule has 0 unspecified atom stereocenters. The van der Waals surface area contributed by atoms with E-state index in [9.17, 15) is 4.79 Å². The molecule has 1 aliphatic heterocycles. The van der Waals surface area contributed by atoms with Gasteiger partial charge in [0, 0.05) is 24.0 Å². The molecular formula is C19H24N4OS. The van der Waals surface area contributed by atoms with Crippen molar-refractivity contribution in [1.29, 1.82) is 0 Å². The molecule has 0 saturated heterocycles. The summed E-state index contributed by atoms with van der Waals surface area (Å²) >= 11 is 1.54. The van der Waals surface area contributed by atoms with E-state index in [-0.39, 0.29) is 5.91 Å². The van der Waals surface area contributed by atoms with E-state index in [0.717, 1.165) is 39.3 Å². The molecule has 0 atom stereocenters. The van der Waals surface area contributed by atoms with Gasteiger partial charge in [0.1, 0.15) is 9.71 Å². The van der Waals surface area contributed by atoms with E-state index in [1.54, 1.807) is 0 Å². The SMILES string of the molecule is O=C1c2sc3nccc(NC4CCC4)c3c2NCN1C1CCCCC1. The van der Waals surface area contributed by atoms with E-state index < -0.39 is 0 Å². The summed E-state index contributed by atoms with van der Waals surface area (Å²) in [4.78, 5) is 21.5. The molecule has 2 aromatic heterocycles. The van der Waals surface area contributed by atoms with E-state index in [4.69, 9.17) is 0 Å². The molecule has 6 heteroatoms. The molecule has 2 aliphatic carbocycles.